The van der Waals surface area contributed by atoms with Gasteiger partial charge < -0.3 is 15.2 Å². The van der Waals surface area contributed by atoms with E-state index in [1.165, 1.54) is 0 Å². The highest BCUT2D eigenvalue weighted by atomic mass is 35.5. The SMILES string of the molecule is COc1cccc(COc2cc(Cl)ccc2CN)c1. The monoisotopic (exact) mass is 277 g/mol. The topological polar surface area (TPSA) is 44.5 Å². The fourth-order valence-electron chi connectivity index (χ4n) is 1.75. The third-order valence-electron chi connectivity index (χ3n) is 2.78. The summed E-state index contributed by atoms with van der Waals surface area (Å²) < 4.78 is 10.9. The normalized spacial score (nSPS) is 10.3. The first-order chi connectivity index (χ1) is 9.22. The molecular weight excluding hydrogens is 262 g/mol. The van der Waals surface area contributed by atoms with Gasteiger partial charge in [-0.2, -0.15) is 0 Å². The molecule has 0 aliphatic rings. The van der Waals surface area contributed by atoms with Gasteiger partial charge in [-0.05, 0) is 29.8 Å². The molecule has 0 spiro atoms. The molecular formula is C15H16ClNO2. The van der Waals surface area contributed by atoms with Crippen molar-refractivity contribution in [1.82, 2.24) is 0 Å². The van der Waals surface area contributed by atoms with Gasteiger partial charge in [0.05, 0.1) is 7.11 Å². The van der Waals surface area contributed by atoms with Gasteiger partial charge in [0, 0.05) is 17.1 Å². The number of methoxy groups -OCH3 is 1. The van der Waals surface area contributed by atoms with Gasteiger partial charge in [-0.25, -0.2) is 0 Å². The van der Waals surface area contributed by atoms with E-state index in [1.807, 2.05) is 36.4 Å². The maximum atomic E-state index is 5.96. The van der Waals surface area contributed by atoms with Gasteiger partial charge in [-0.3, -0.25) is 0 Å². The van der Waals surface area contributed by atoms with Crippen molar-refractivity contribution in [3.8, 4) is 11.5 Å². The van der Waals surface area contributed by atoms with Gasteiger partial charge in [0.25, 0.3) is 0 Å². The molecule has 19 heavy (non-hydrogen) atoms. The molecule has 0 saturated heterocycles. The molecule has 0 aliphatic heterocycles. The number of hydrogen-bond acceptors (Lipinski definition) is 3. The number of halogens is 1. The van der Waals surface area contributed by atoms with Crippen LogP contribution >= 0.6 is 11.6 Å². The van der Waals surface area contributed by atoms with E-state index in [2.05, 4.69) is 0 Å². The largest absolute Gasteiger partial charge is 0.497 e. The number of ether oxygens (including phenoxy) is 2. The molecule has 3 nitrogen and oxygen atoms in total. The molecule has 100 valence electrons. The van der Waals surface area contributed by atoms with Gasteiger partial charge in [-0.15, -0.1) is 0 Å². The summed E-state index contributed by atoms with van der Waals surface area (Å²) in [5.41, 5.74) is 7.64. The molecule has 0 atom stereocenters. The molecule has 2 aromatic carbocycles. The van der Waals surface area contributed by atoms with Crippen molar-refractivity contribution in [2.24, 2.45) is 5.73 Å². The first-order valence-corrected chi connectivity index (χ1v) is 6.35. The fourth-order valence-corrected chi connectivity index (χ4v) is 1.92. The lowest BCUT2D eigenvalue weighted by Crippen LogP contribution is -2.02. The zero-order valence-electron chi connectivity index (χ0n) is 10.7. The Morgan fingerprint density at radius 1 is 1.16 bits per heavy atom. The van der Waals surface area contributed by atoms with Crippen LogP contribution in [0.25, 0.3) is 0 Å². The molecule has 0 bridgehead atoms. The van der Waals surface area contributed by atoms with Crippen LogP contribution in [0.2, 0.25) is 5.02 Å². The number of rotatable bonds is 5. The smallest absolute Gasteiger partial charge is 0.125 e. The van der Waals surface area contributed by atoms with Crippen LogP contribution in [0.15, 0.2) is 42.5 Å². The Bertz CT molecular complexity index is 558. The third-order valence-corrected chi connectivity index (χ3v) is 3.01. The Hall–Kier alpha value is -1.71. The van der Waals surface area contributed by atoms with E-state index in [9.17, 15) is 0 Å². The Morgan fingerprint density at radius 2 is 2.00 bits per heavy atom. The van der Waals surface area contributed by atoms with Crippen LogP contribution < -0.4 is 15.2 Å². The van der Waals surface area contributed by atoms with Crippen molar-refractivity contribution < 1.29 is 9.47 Å². The zero-order chi connectivity index (χ0) is 13.7. The van der Waals surface area contributed by atoms with Crippen molar-refractivity contribution >= 4 is 11.6 Å². The Morgan fingerprint density at radius 3 is 2.74 bits per heavy atom. The van der Waals surface area contributed by atoms with E-state index in [1.54, 1.807) is 13.2 Å². The van der Waals surface area contributed by atoms with Gasteiger partial charge >= 0.3 is 0 Å². The van der Waals surface area contributed by atoms with Crippen LogP contribution in [0.5, 0.6) is 11.5 Å². The molecule has 0 radical (unpaired) electrons. The molecule has 0 fully saturated rings. The van der Waals surface area contributed by atoms with Gasteiger partial charge in [0.2, 0.25) is 0 Å². The minimum Gasteiger partial charge on any atom is -0.497 e. The standard InChI is InChI=1S/C15H16ClNO2/c1-18-14-4-2-3-11(7-14)10-19-15-8-13(16)6-5-12(15)9-17/h2-8H,9-10,17H2,1H3. The van der Waals surface area contributed by atoms with E-state index in [4.69, 9.17) is 26.8 Å². The minimum absolute atomic E-state index is 0.421. The molecule has 2 aromatic rings. The summed E-state index contributed by atoms with van der Waals surface area (Å²) in [7, 11) is 1.64. The minimum atomic E-state index is 0.421. The Labute approximate surface area is 117 Å². The average Bonchev–Trinajstić information content (AvgIpc) is 2.45. The predicted molar refractivity (Wildman–Crippen MR) is 76.7 cm³/mol. The van der Waals surface area contributed by atoms with E-state index in [0.717, 1.165) is 22.6 Å². The molecule has 0 aromatic heterocycles. The molecule has 4 heteroatoms. The lowest BCUT2D eigenvalue weighted by Gasteiger charge is -2.11. The summed E-state index contributed by atoms with van der Waals surface area (Å²) in [6.07, 6.45) is 0. The second kappa shape index (κ2) is 6.45. The van der Waals surface area contributed by atoms with Gasteiger partial charge in [0.1, 0.15) is 18.1 Å². The molecule has 0 amide bonds. The summed E-state index contributed by atoms with van der Waals surface area (Å²) >= 11 is 5.96. The summed E-state index contributed by atoms with van der Waals surface area (Å²) in [6, 6.07) is 13.2. The highest BCUT2D eigenvalue weighted by Gasteiger charge is 2.04. The van der Waals surface area contributed by atoms with Gasteiger partial charge in [-0.1, -0.05) is 29.8 Å². The quantitative estimate of drug-likeness (QED) is 0.911. The number of hydrogen-bond donors (Lipinski definition) is 1. The number of nitrogens with two attached hydrogens (primary N) is 1. The lowest BCUT2D eigenvalue weighted by atomic mass is 10.2. The third kappa shape index (κ3) is 3.63. The second-order valence-corrected chi connectivity index (χ2v) is 4.53. The molecule has 0 saturated carbocycles. The van der Waals surface area contributed by atoms with Crippen LogP contribution in [-0.4, -0.2) is 7.11 Å². The van der Waals surface area contributed by atoms with Crippen molar-refractivity contribution in [2.45, 2.75) is 13.2 Å². The first-order valence-electron chi connectivity index (χ1n) is 5.97. The Balaban J connectivity index is 2.11. The zero-order valence-corrected chi connectivity index (χ0v) is 11.5. The van der Waals surface area contributed by atoms with E-state index >= 15 is 0 Å². The van der Waals surface area contributed by atoms with Crippen molar-refractivity contribution in [3.63, 3.8) is 0 Å². The summed E-state index contributed by atoms with van der Waals surface area (Å²) in [6.45, 7) is 0.870. The second-order valence-electron chi connectivity index (χ2n) is 4.10. The molecule has 2 N–H and O–H groups in total. The molecule has 2 rings (SSSR count). The predicted octanol–water partition coefficient (Wildman–Crippen LogP) is 3.39. The van der Waals surface area contributed by atoms with Crippen molar-refractivity contribution in [1.29, 1.82) is 0 Å². The van der Waals surface area contributed by atoms with Crippen LogP contribution in [0.1, 0.15) is 11.1 Å². The fraction of sp³-hybridized carbons (Fsp3) is 0.200. The van der Waals surface area contributed by atoms with Crippen LogP contribution in [-0.2, 0) is 13.2 Å². The molecule has 0 unspecified atom stereocenters. The highest BCUT2D eigenvalue weighted by molar-refractivity contribution is 6.30. The van der Waals surface area contributed by atoms with Gasteiger partial charge in [0.15, 0.2) is 0 Å². The van der Waals surface area contributed by atoms with Crippen molar-refractivity contribution in [3.05, 3.63) is 58.6 Å². The summed E-state index contributed by atoms with van der Waals surface area (Å²) in [4.78, 5) is 0. The first kappa shape index (κ1) is 13.7. The average molecular weight is 278 g/mol. The van der Waals surface area contributed by atoms with E-state index in [-0.39, 0.29) is 0 Å². The summed E-state index contributed by atoms with van der Waals surface area (Å²) in [5.74, 6) is 1.53. The van der Waals surface area contributed by atoms with E-state index in [0.29, 0.717) is 18.2 Å². The lowest BCUT2D eigenvalue weighted by molar-refractivity contribution is 0.302. The van der Waals surface area contributed by atoms with Crippen LogP contribution in [0.3, 0.4) is 0 Å². The number of benzene rings is 2. The maximum absolute atomic E-state index is 5.96. The highest BCUT2D eigenvalue weighted by Crippen LogP contribution is 2.24. The van der Waals surface area contributed by atoms with Crippen molar-refractivity contribution in [2.75, 3.05) is 7.11 Å². The molecule has 0 aliphatic carbocycles. The Kier molecular flexibility index (Phi) is 4.66. The summed E-state index contributed by atoms with van der Waals surface area (Å²) in [5, 5.41) is 0.637. The maximum Gasteiger partial charge on any atom is 0.125 e. The van der Waals surface area contributed by atoms with Crippen LogP contribution in [0.4, 0.5) is 0 Å². The van der Waals surface area contributed by atoms with E-state index < -0.39 is 0 Å². The molecule has 0 heterocycles. The van der Waals surface area contributed by atoms with Crippen LogP contribution in [0, 0.1) is 0 Å².